The van der Waals surface area contributed by atoms with Crippen LogP contribution >= 0.6 is 11.6 Å². The molecule has 1 aromatic carbocycles. The van der Waals surface area contributed by atoms with Crippen molar-refractivity contribution in [2.75, 3.05) is 11.9 Å². The zero-order valence-electron chi connectivity index (χ0n) is 14.2. The average molecular weight is 326 g/mol. The maximum absolute atomic E-state index is 6.53. The zero-order chi connectivity index (χ0) is 16.6. The van der Waals surface area contributed by atoms with Gasteiger partial charge >= 0.3 is 0 Å². The Balaban J connectivity index is 2.01. The van der Waals surface area contributed by atoms with Gasteiger partial charge in [-0.2, -0.15) is 0 Å². The number of hydrogen-bond acceptors (Lipinski definition) is 1. The lowest BCUT2D eigenvalue weighted by Crippen LogP contribution is -2.22. The summed E-state index contributed by atoms with van der Waals surface area (Å²) in [4.78, 5) is 2.29. The van der Waals surface area contributed by atoms with E-state index in [1.165, 1.54) is 28.1 Å². The number of rotatable bonds is 2. The van der Waals surface area contributed by atoms with Crippen LogP contribution in [0.25, 0.3) is 0 Å². The number of likely N-dealkylation sites (N-methyl/N-ethyl adjacent to an activating group) is 1. The van der Waals surface area contributed by atoms with Crippen molar-refractivity contribution >= 4 is 17.3 Å². The summed E-state index contributed by atoms with van der Waals surface area (Å²) in [5.74, 6) is 0. The number of para-hydroxylation sites is 1. The molecule has 1 aromatic rings. The SMILES string of the molecule is C=CC1=C(Cl)C(=CC=C2N(C)c3ccccc3C2(C)C)CCC1. The molecule has 0 amide bonds. The molecule has 1 heterocycles. The molecule has 0 N–H and O–H groups in total. The predicted molar refractivity (Wildman–Crippen MR) is 101 cm³/mol. The minimum absolute atomic E-state index is 0.00846. The van der Waals surface area contributed by atoms with Crippen molar-refractivity contribution in [3.8, 4) is 0 Å². The second kappa shape index (κ2) is 6.05. The van der Waals surface area contributed by atoms with Crippen LogP contribution in [0.2, 0.25) is 0 Å². The van der Waals surface area contributed by atoms with Gasteiger partial charge in [-0.3, -0.25) is 0 Å². The molecule has 0 spiro atoms. The van der Waals surface area contributed by atoms with E-state index in [0.29, 0.717) is 0 Å². The lowest BCUT2D eigenvalue weighted by molar-refractivity contribution is 0.640. The first-order chi connectivity index (χ1) is 11.0. The van der Waals surface area contributed by atoms with E-state index in [1.54, 1.807) is 0 Å². The van der Waals surface area contributed by atoms with Crippen molar-refractivity contribution in [1.82, 2.24) is 0 Å². The summed E-state index contributed by atoms with van der Waals surface area (Å²) in [6, 6.07) is 8.63. The molecule has 1 aliphatic carbocycles. The van der Waals surface area contributed by atoms with Crippen LogP contribution in [-0.4, -0.2) is 7.05 Å². The van der Waals surface area contributed by atoms with Crippen molar-refractivity contribution in [2.24, 2.45) is 0 Å². The Bertz CT molecular complexity index is 734. The van der Waals surface area contributed by atoms with E-state index in [4.69, 9.17) is 11.6 Å². The number of anilines is 1. The number of nitrogens with zero attached hydrogens (tertiary/aromatic N) is 1. The molecule has 0 saturated carbocycles. The topological polar surface area (TPSA) is 3.24 Å². The van der Waals surface area contributed by atoms with Crippen LogP contribution in [0.5, 0.6) is 0 Å². The Labute approximate surface area is 144 Å². The molecule has 0 aromatic heterocycles. The third-order valence-electron chi connectivity index (χ3n) is 5.09. The smallest absolute Gasteiger partial charge is 0.0469 e. The minimum Gasteiger partial charge on any atom is -0.347 e. The van der Waals surface area contributed by atoms with Crippen LogP contribution in [0.1, 0.15) is 38.7 Å². The number of benzene rings is 1. The molecule has 23 heavy (non-hydrogen) atoms. The molecule has 0 fully saturated rings. The third-order valence-corrected chi connectivity index (χ3v) is 5.57. The Morgan fingerprint density at radius 3 is 2.61 bits per heavy atom. The molecule has 1 nitrogen and oxygen atoms in total. The van der Waals surface area contributed by atoms with Gasteiger partial charge in [0.05, 0.1) is 0 Å². The molecular formula is C21H24ClN. The summed E-state index contributed by atoms with van der Waals surface area (Å²) >= 11 is 6.53. The molecule has 0 unspecified atom stereocenters. The van der Waals surface area contributed by atoms with Gasteiger partial charge in [0, 0.05) is 28.9 Å². The number of fused-ring (bicyclic) bond motifs is 1. The summed E-state index contributed by atoms with van der Waals surface area (Å²) in [5.41, 5.74) is 6.38. The van der Waals surface area contributed by atoms with Gasteiger partial charge in [-0.05, 0) is 48.1 Å². The first kappa shape index (κ1) is 16.1. The molecular weight excluding hydrogens is 302 g/mol. The number of allylic oxidation sites excluding steroid dienone is 7. The van der Waals surface area contributed by atoms with E-state index < -0.39 is 0 Å². The van der Waals surface area contributed by atoms with Crippen LogP contribution in [-0.2, 0) is 5.41 Å². The Morgan fingerprint density at radius 1 is 1.17 bits per heavy atom. The fraction of sp³-hybridized carbons (Fsp3) is 0.333. The van der Waals surface area contributed by atoms with Crippen LogP contribution in [0.3, 0.4) is 0 Å². The highest BCUT2D eigenvalue weighted by atomic mass is 35.5. The van der Waals surface area contributed by atoms with Gasteiger partial charge in [0.25, 0.3) is 0 Å². The van der Waals surface area contributed by atoms with E-state index in [9.17, 15) is 0 Å². The highest BCUT2D eigenvalue weighted by Gasteiger charge is 2.37. The summed E-state index contributed by atoms with van der Waals surface area (Å²) in [5, 5.41) is 0.888. The van der Waals surface area contributed by atoms with Gasteiger partial charge < -0.3 is 4.90 Å². The molecule has 0 radical (unpaired) electrons. The van der Waals surface area contributed by atoms with Gasteiger partial charge in [-0.15, -0.1) is 0 Å². The summed E-state index contributed by atoms with van der Waals surface area (Å²) in [7, 11) is 2.14. The zero-order valence-corrected chi connectivity index (χ0v) is 15.0. The second-order valence-electron chi connectivity index (χ2n) is 6.84. The monoisotopic (exact) mass is 325 g/mol. The van der Waals surface area contributed by atoms with Crippen molar-refractivity contribution in [3.05, 3.63) is 76.5 Å². The normalized spacial score (nSPS) is 23.6. The van der Waals surface area contributed by atoms with Crippen molar-refractivity contribution in [1.29, 1.82) is 0 Å². The fourth-order valence-electron chi connectivity index (χ4n) is 3.72. The number of halogens is 1. The van der Waals surface area contributed by atoms with Crippen molar-refractivity contribution in [3.63, 3.8) is 0 Å². The van der Waals surface area contributed by atoms with Gasteiger partial charge in [-0.1, -0.05) is 62.4 Å². The van der Waals surface area contributed by atoms with E-state index in [-0.39, 0.29) is 5.41 Å². The maximum Gasteiger partial charge on any atom is 0.0469 e. The quantitative estimate of drug-likeness (QED) is 0.636. The molecule has 0 atom stereocenters. The molecule has 2 heteroatoms. The van der Waals surface area contributed by atoms with Gasteiger partial charge in [0.15, 0.2) is 0 Å². The molecule has 2 aliphatic rings. The van der Waals surface area contributed by atoms with Crippen LogP contribution in [0.4, 0.5) is 5.69 Å². The minimum atomic E-state index is 0.00846. The highest BCUT2D eigenvalue weighted by molar-refractivity contribution is 6.32. The lowest BCUT2D eigenvalue weighted by atomic mass is 9.83. The molecule has 3 rings (SSSR count). The average Bonchev–Trinajstić information content (AvgIpc) is 2.74. The first-order valence-electron chi connectivity index (χ1n) is 8.23. The van der Waals surface area contributed by atoms with E-state index >= 15 is 0 Å². The third kappa shape index (κ3) is 2.68. The van der Waals surface area contributed by atoms with Gasteiger partial charge in [0.1, 0.15) is 0 Å². The Morgan fingerprint density at radius 2 is 1.91 bits per heavy atom. The standard InChI is InChI=1S/C21H24ClN/c1-5-15-9-8-10-16(20(15)22)13-14-19-21(2,3)17-11-6-7-12-18(17)23(19)4/h5-7,11-14H,1,8-10H2,2-4H3. The van der Waals surface area contributed by atoms with E-state index in [1.807, 2.05) is 6.08 Å². The second-order valence-corrected chi connectivity index (χ2v) is 7.22. The first-order valence-corrected chi connectivity index (χ1v) is 8.60. The summed E-state index contributed by atoms with van der Waals surface area (Å²) in [6.45, 7) is 8.45. The van der Waals surface area contributed by atoms with Crippen LogP contribution in [0, 0.1) is 0 Å². The van der Waals surface area contributed by atoms with Gasteiger partial charge in [-0.25, -0.2) is 0 Å². The maximum atomic E-state index is 6.53. The Hall–Kier alpha value is -1.73. The van der Waals surface area contributed by atoms with Crippen molar-refractivity contribution in [2.45, 2.75) is 38.5 Å². The highest BCUT2D eigenvalue weighted by Crippen LogP contribution is 2.46. The predicted octanol–water partition coefficient (Wildman–Crippen LogP) is 6.09. The molecule has 0 bridgehead atoms. The summed E-state index contributed by atoms with van der Waals surface area (Å²) in [6.07, 6.45) is 9.55. The van der Waals surface area contributed by atoms with Crippen LogP contribution < -0.4 is 4.90 Å². The Kier molecular flexibility index (Phi) is 4.25. The number of hydrogen-bond donors (Lipinski definition) is 0. The van der Waals surface area contributed by atoms with Gasteiger partial charge in [0.2, 0.25) is 0 Å². The van der Waals surface area contributed by atoms with E-state index in [2.05, 4.69) is 68.8 Å². The fourth-order valence-corrected chi connectivity index (χ4v) is 4.05. The molecule has 1 aliphatic heterocycles. The van der Waals surface area contributed by atoms with Crippen molar-refractivity contribution < 1.29 is 0 Å². The van der Waals surface area contributed by atoms with E-state index in [0.717, 1.165) is 24.3 Å². The largest absolute Gasteiger partial charge is 0.347 e. The molecule has 120 valence electrons. The van der Waals surface area contributed by atoms with Crippen LogP contribution in [0.15, 0.2) is 70.9 Å². The summed E-state index contributed by atoms with van der Waals surface area (Å²) < 4.78 is 0. The lowest BCUT2D eigenvalue weighted by Gasteiger charge is -2.24. The molecule has 0 saturated heterocycles.